The zero-order valence-electron chi connectivity index (χ0n) is 16.8. The van der Waals surface area contributed by atoms with Crippen molar-refractivity contribution in [3.05, 3.63) is 5.82 Å². The first-order valence-electron chi connectivity index (χ1n) is 9.03. The van der Waals surface area contributed by atoms with Gasteiger partial charge >= 0.3 is 12.1 Å². The molecule has 10 nitrogen and oxygen atoms in total. The lowest BCUT2D eigenvalue weighted by Crippen LogP contribution is -2.51. The molecule has 1 amide bonds. The van der Waals surface area contributed by atoms with Crippen molar-refractivity contribution < 1.29 is 19.1 Å². The first-order chi connectivity index (χ1) is 13.2. The van der Waals surface area contributed by atoms with Gasteiger partial charge in [-0.3, -0.25) is 0 Å². The molecule has 28 heavy (non-hydrogen) atoms. The van der Waals surface area contributed by atoms with Crippen LogP contribution in [-0.2, 0) is 9.47 Å². The van der Waals surface area contributed by atoms with Crippen LogP contribution in [0.15, 0.2) is 5.03 Å². The fraction of sp³-hybridized carbons (Fsp3) is 0.647. The highest BCUT2D eigenvalue weighted by atomic mass is 32.2. The second-order valence-electron chi connectivity index (χ2n) is 7.60. The molecule has 1 aromatic rings. The predicted octanol–water partition coefficient (Wildman–Crippen LogP) is 1.92. The number of fused-ring (bicyclic) bond motifs is 1. The molecule has 2 fully saturated rings. The molecule has 3 heterocycles. The molecule has 0 aromatic carbocycles. The molecule has 154 valence electrons. The molecule has 2 N–H and O–H groups in total. The Kier molecular flexibility index (Phi) is 5.57. The number of carbonyl (C=O) groups is 2. The number of aromatic nitrogens is 2. The number of carbonyl (C=O) groups excluding carboxylic acids is 2. The summed E-state index contributed by atoms with van der Waals surface area (Å²) in [4.78, 5) is 33.5. The summed E-state index contributed by atoms with van der Waals surface area (Å²) in [7, 11) is 1.26. The number of amides is 1. The van der Waals surface area contributed by atoms with Gasteiger partial charge in [-0.15, -0.1) is 16.9 Å². The van der Waals surface area contributed by atoms with Gasteiger partial charge in [-0.05, 0) is 39.9 Å². The number of methoxy groups -OCH3 is 1. The second-order valence-corrected chi connectivity index (χ2v) is 8.39. The lowest BCUT2D eigenvalue weighted by atomic mass is 10.2. The summed E-state index contributed by atoms with van der Waals surface area (Å²) < 4.78 is 10.4. The lowest BCUT2D eigenvalue weighted by molar-refractivity contribution is -0.0330. The van der Waals surface area contributed by atoms with E-state index in [1.807, 2.05) is 25.8 Å². The van der Waals surface area contributed by atoms with Crippen molar-refractivity contribution in [3.8, 4) is 0 Å². The van der Waals surface area contributed by atoms with Crippen LogP contribution in [0.4, 0.5) is 16.3 Å². The van der Waals surface area contributed by atoms with Crippen molar-refractivity contribution in [3.63, 3.8) is 0 Å². The summed E-state index contributed by atoms with van der Waals surface area (Å²) in [5.74, 6) is -0.479. The van der Waals surface area contributed by atoms with Crippen LogP contribution in [0.3, 0.4) is 0 Å². The Morgan fingerprint density at radius 1 is 1.29 bits per heavy atom. The summed E-state index contributed by atoms with van der Waals surface area (Å²) in [6, 6.07) is 0.140. The highest BCUT2D eigenvalue weighted by Gasteiger charge is 2.46. The molecule has 2 saturated heterocycles. The molecular weight excluding hydrogens is 384 g/mol. The van der Waals surface area contributed by atoms with Gasteiger partial charge in [-0.25, -0.2) is 24.6 Å². The number of hydrogen-bond donors (Lipinski definition) is 1. The van der Waals surface area contributed by atoms with E-state index < -0.39 is 17.7 Å². The fourth-order valence-corrected chi connectivity index (χ4v) is 3.81. The van der Waals surface area contributed by atoms with Gasteiger partial charge in [0.2, 0.25) is 5.82 Å². The molecule has 0 saturated carbocycles. The van der Waals surface area contributed by atoms with Crippen molar-refractivity contribution >= 4 is 35.3 Å². The summed E-state index contributed by atoms with van der Waals surface area (Å²) in [6.07, 6.45) is 3.22. The van der Waals surface area contributed by atoms with E-state index >= 15 is 0 Å². The summed E-state index contributed by atoms with van der Waals surface area (Å²) in [5, 5.41) is 5.53. The quantitative estimate of drug-likeness (QED) is 0.450. The molecule has 2 aliphatic rings. The molecule has 0 spiro atoms. The van der Waals surface area contributed by atoms with E-state index in [2.05, 4.69) is 9.97 Å². The van der Waals surface area contributed by atoms with Gasteiger partial charge < -0.3 is 15.2 Å². The monoisotopic (exact) mass is 410 g/mol. The maximum Gasteiger partial charge on any atom is 0.444 e. The summed E-state index contributed by atoms with van der Waals surface area (Å²) >= 11 is 1.29. The molecule has 3 rings (SSSR count). The normalized spacial score (nSPS) is 19.7. The van der Waals surface area contributed by atoms with Gasteiger partial charge in [-0.1, -0.05) is 0 Å². The van der Waals surface area contributed by atoms with Crippen LogP contribution in [-0.4, -0.2) is 70.3 Å². The minimum Gasteiger partial charge on any atom is -0.463 e. The molecular formula is C17H26N6O4S. The molecule has 11 heteroatoms. The van der Waals surface area contributed by atoms with E-state index in [0.717, 1.165) is 19.4 Å². The third kappa shape index (κ3) is 3.81. The molecule has 0 bridgehead atoms. The van der Waals surface area contributed by atoms with Gasteiger partial charge in [0, 0.05) is 6.54 Å². The largest absolute Gasteiger partial charge is 0.463 e. The number of esters is 1. The Hall–Kier alpha value is -2.27. The topological polar surface area (TPSA) is 114 Å². The molecule has 2 aliphatic heterocycles. The van der Waals surface area contributed by atoms with Crippen molar-refractivity contribution in [2.75, 3.05) is 37.2 Å². The second kappa shape index (κ2) is 7.63. The van der Waals surface area contributed by atoms with Crippen LogP contribution in [0.1, 0.15) is 44.2 Å². The van der Waals surface area contributed by atoms with Crippen LogP contribution in [0.5, 0.6) is 0 Å². The zero-order valence-corrected chi connectivity index (χ0v) is 17.6. The Balaban J connectivity index is 2.04. The number of nitrogens with two attached hydrogens (primary N) is 1. The molecule has 0 radical (unpaired) electrons. The Bertz CT molecular complexity index is 784. The van der Waals surface area contributed by atoms with Crippen molar-refractivity contribution in [1.82, 2.24) is 20.1 Å². The Morgan fingerprint density at radius 2 is 2.00 bits per heavy atom. The molecule has 0 aliphatic carbocycles. The smallest absolute Gasteiger partial charge is 0.444 e. The van der Waals surface area contributed by atoms with E-state index in [1.54, 1.807) is 11.3 Å². The fourth-order valence-electron chi connectivity index (χ4n) is 3.33. The van der Waals surface area contributed by atoms with Crippen LogP contribution in [0, 0.1) is 0 Å². The summed E-state index contributed by atoms with van der Waals surface area (Å²) in [6.45, 7) is 6.67. The average Bonchev–Trinajstić information content (AvgIpc) is 3.20. The van der Waals surface area contributed by atoms with Gasteiger partial charge in [0.15, 0.2) is 5.82 Å². The highest BCUT2D eigenvalue weighted by Crippen LogP contribution is 2.37. The molecule has 1 unspecified atom stereocenters. The zero-order chi connectivity index (χ0) is 20.6. The third-order valence-electron chi connectivity index (χ3n) is 4.45. The number of anilines is 2. The maximum absolute atomic E-state index is 13.0. The first-order valence-corrected chi connectivity index (χ1v) is 10.3. The average molecular weight is 411 g/mol. The van der Waals surface area contributed by atoms with Crippen LogP contribution < -0.4 is 10.7 Å². The number of nitrogens with zero attached hydrogens (tertiary/aromatic N) is 5. The highest BCUT2D eigenvalue weighted by molar-refractivity contribution is 7.98. The van der Waals surface area contributed by atoms with Crippen LogP contribution in [0.2, 0.25) is 0 Å². The number of hydrazine groups is 2. The minimum absolute atomic E-state index is 0.104. The minimum atomic E-state index is -0.667. The molecule has 1 aromatic heterocycles. The maximum atomic E-state index is 13.0. The number of rotatable bonds is 3. The predicted molar refractivity (Wildman–Crippen MR) is 105 cm³/mol. The van der Waals surface area contributed by atoms with Crippen molar-refractivity contribution in [2.45, 2.75) is 50.3 Å². The van der Waals surface area contributed by atoms with Crippen LogP contribution in [0.25, 0.3) is 0 Å². The number of thioether (sulfide) groups is 1. The van der Waals surface area contributed by atoms with E-state index in [0.29, 0.717) is 23.1 Å². The number of nitrogen functional groups attached to an aromatic ring is 1. The van der Waals surface area contributed by atoms with Crippen LogP contribution >= 0.6 is 11.8 Å². The van der Waals surface area contributed by atoms with E-state index in [-0.39, 0.29) is 11.9 Å². The van der Waals surface area contributed by atoms with E-state index in [9.17, 15) is 9.59 Å². The summed E-state index contributed by atoms with van der Waals surface area (Å²) in [5.41, 5.74) is 5.93. The first kappa shape index (κ1) is 20.5. The molecule has 1 atom stereocenters. The number of ether oxygens (including phenoxy) is 2. The van der Waals surface area contributed by atoms with E-state index in [4.69, 9.17) is 15.2 Å². The lowest BCUT2D eigenvalue weighted by Gasteiger charge is -2.34. The Morgan fingerprint density at radius 3 is 2.61 bits per heavy atom. The third-order valence-corrected chi connectivity index (χ3v) is 5.15. The van der Waals surface area contributed by atoms with Gasteiger partial charge in [0.05, 0.1) is 19.7 Å². The number of hydrogen-bond acceptors (Lipinski definition) is 10. The van der Waals surface area contributed by atoms with E-state index in [1.165, 1.54) is 24.0 Å². The van der Waals surface area contributed by atoms with Gasteiger partial charge in [0.25, 0.3) is 0 Å². The standard InChI is InChI=1S/C17H26N6O4S/c1-17(2,3)27-16(25)23-21-8-6-7-10(21)9-22(23)13-11(18)14(28-5)20-12(19-13)15(24)26-4/h10H,6-9,18H2,1-5H3. The van der Waals surface area contributed by atoms with Crippen molar-refractivity contribution in [2.24, 2.45) is 0 Å². The van der Waals surface area contributed by atoms with Crippen molar-refractivity contribution in [1.29, 1.82) is 0 Å². The SMILES string of the molecule is COC(=O)c1nc(SC)c(N)c(N2CC3CCCN3N2C(=O)OC(C)(C)C)n1. The van der Waals surface area contributed by atoms with Gasteiger partial charge in [0.1, 0.15) is 16.3 Å². The van der Waals surface area contributed by atoms with Gasteiger partial charge in [-0.2, -0.15) is 5.01 Å². The Labute approximate surface area is 168 Å².